The van der Waals surface area contributed by atoms with E-state index in [-0.39, 0.29) is 0 Å². The van der Waals surface area contributed by atoms with Crippen molar-refractivity contribution in [2.24, 2.45) is 5.41 Å². The Hall–Kier alpha value is 0.250. The predicted molar refractivity (Wildman–Crippen MR) is 35.8 cm³/mol. The highest BCUT2D eigenvalue weighted by Gasteiger charge is 2.27. The van der Waals surface area contributed by atoms with Crippen LogP contribution in [0.3, 0.4) is 0 Å². The van der Waals surface area contributed by atoms with Gasteiger partial charge in [-0.1, -0.05) is 13.8 Å². The van der Waals surface area contributed by atoms with Gasteiger partial charge >= 0.3 is 0 Å². The lowest BCUT2D eigenvalue weighted by Crippen LogP contribution is -2.14. The van der Waals surface area contributed by atoms with Crippen LogP contribution in [0.5, 0.6) is 0 Å². The van der Waals surface area contributed by atoms with Gasteiger partial charge < -0.3 is 0 Å². The fraction of sp³-hybridized carbons (Fsp3) is 1.00. The van der Waals surface area contributed by atoms with Crippen LogP contribution in [0.2, 0.25) is 0 Å². The Morgan fingerprint density at radius 2 is 2.12 bits per heavy atom. The number of halogens is 1. The zero-order valence-corrected chi connectivity index (χ0v) is 6.20. The fourth-order valence-electron chi connectivity index (χ4n) is 1.05. The Bertz CT molecular complexity index is 90.5. The minimum atomic E-state index is 0.460. The highest BCUT2D eigenvalue weighted by molar-refractivity contribution is 6.13. The van der Waals surface area contributed by atoms with Crippen LogP contribution in [0, 0.1) is 5.41 Å². The lowest BCUT2D eigenvalue weighted by molar-refractivity contribution is 0.386. The van der Waals surface area contributed by atoms with Crippen LogP contribution in [0.15, 0.2) is 0 Å². The molecule has 1 rings (SSSR count). The average molecular weight is 134 g/mol. The van der Waals surface area contributed by atoms with Crippen molar-refractivity contribution < 1.29 is 0 Å². The van der Waals surface area contributed by atoms with Gasteiger partial charge in [0.05, 0.1) is 0 Å². The van der Waals surface area contributed by atoms with Crippen molar-refractivity contribution in [3.63, 3.8) is 0 Å². The highest BCUT2D eigenvalue weighted by Crippen LogP contribution is 2.29. The molecule has 0 unspecified atom stereocenters. The molecule has 48 valence electrons. The summed E-state index contributed by atoms with van der Waals surface area (Å²) in [5, 5.41) is 0. The number of nitrogens with zero attached hydrogens (tertiary/aromatic N) is 1. The molecule has 1 aliphatic heterocycles. The molecule has 0 spiro atoms. The monoisotopic (exact) mass is 133 g/mol. The zero-order valence-electron chi connectivity index (χ0n) is 5.45. The summed E-state index contributed by atoms with van der Waals surface area (Å²) in [6, 6.07) is 0. The molecule has 0 atom stereocenters. The van der Waals surface area contributed by atoms with E-state index in [1.807, 2.05) is 4.42 Å². The Morgan fingerprint density at radius 3 is 2.25 bits per heavy atom. The van der Waals surface area contributed by atoms with Crippen LogP contribution in [0.25, 0.3) is 0 Å². The maximum absolute atomic E-state index is 5.73. The van der Waals surface area contributed by atoms with Gasteiger partial charge in [-0.25, -0.2) is 4.42 Å². The normalized spacial score (nSPS) is 28.9. The van der Waals surface area contributed by atoms with Crippen molar-refractivity contribution >= 4 is 11.8 Å². The summed E-state index contributed by atoms with van der Waals surface area (Å²) < 4.78 is 1.86. The third-order valence-electron chi connectivity index (χ3n) is 1.63. The first kappa shape index (κ1) is 6.37. The Kier molecular flexibility index (Phi) is 1.50. The maximum Gasteiger partial charge on any atom is 0.0190 e. The summed E-state index contributed by atoms with van der Waals surface area (Å²) in [4.78, 5) is 0. The van der Waals surface area contributed by atoms with E-state index in [2.05, 4.69) is 13.8 Å². The molecule has 0 aromatic carbocycles. The minimum Gasteiger partial charge on any atom is -0.220 e. The molecule has 0 N–H and O–H groups in total. The third kappa shape index (κ3) is 1.36. The molecule has 1 nitrogen and oxygen atoms in total. The van der Waals surface area contributed by atoms with E-state index in [4.69, 9.17) is 11.8 Å². The van der Waals surface area contributed by atoms with Crippen LogP contribution >= 0.6 is 11.8 Å². The Morgan fingerprint density at radius 1 is 1.50 bits per heavy atom. The lowest BCUT2D eigenvalue weighted by atomic mass is 9.93. The van der Waals surface area contributed by atoms with Crippen molar-refractivity contribution in [3.05, 3.63) is 0 Å². The second kappa shape index (κ2) is 1.89. The molecule has 0 amide bonds. The number of hydrogen-bond donors (Lipinski definition) is 0. The van der Waals surface area contributed by atoms with Crippen LogP contribution in [-0.4, -0.2) is 17.5 Å². The highest BCUT2D eigenvalue weighted by atomic mass is 35.5. The molecule has 2 heteroatoms. The van der Waals surface area contributed by atoms with E-state index in [1.54, 1.807) is 0 Å². The van der Waals surface area contributed by atoms with Gasteiger partial charge in [-0.2, -0.15) is 0 Å². The van der Waals surface area contributed by atoms with Crippen molar-refractivity contribution in [2.75, 3.05) is 13.1 Å². The van der Waals surface area contributed by atoms with Gasteiger partial charge in [0, 0.05) is 13.1 Å². The summed E-state index contributed by atoms with van der Waals surface area (Å²) in [7, 11) is 0. The smallest absolute Gasteiger partial charge is 0.0190 e. The molecule has 1 saturated heterocycles. The molecule has 1 aliphatic rings. The van der Waals surface area contributed by atoms with Gasteiger partial charge in [0.15, 0.2) is 0 Å². The topological polar surface area (TPSA) is 3.24 Å². The summed E-state index contributed by atoms with van der Waals surface area (Å²) in [5.41, 5.74) is 0.460. The van der Waals surface area contributed by atoms with E-state index >= 15 is 0 Å². The predicted octanol–water partition coefficient (Wildman–Crippen LogP) is 1.87. The fourth-order valence-corrected chi connectivity index (χ4v) is 1.45. The van der Waals surface area contributed by atoms with Crippen molar-refractivity contribution in [1.82, 2.24) is 4.42 Å². The molecule has 0 saturated carbocycles. The quantitative estimate of drug-likeness (QED) is 0.456. The van der Waals surface area contributed by atoms with Crippen LogP contribution in [0.1, 0.15) is 20.3 Å². The van der Waals surface area contributed by atoms with E-state index in [0.717, 1.165) is 13.1 Å². The van der Waals surface area contributed by atoms with Gasteiger partial charge in [0.2, 0.25) is 0 Å². The van der Waals surface area contributed by atoms with E-state index in [0.29, 0.717) is 5.41 Å². The first-order valence-corrected chi connectivity index (χ1v) is 3.35. The molecular formula is C6H12ClN. The molecule has 0 bridgehead atoms. The maximum atomic E-state index is 5.73. The second-order valence-electron chi connectivity index (χ2n) is 3.26. The molecule has 0 radical (unpaired) electrons. The summed E-state index contributed by atoms with van der Waals surface area (Å²) in [6.45, 7) is 6.58. The number of hydrogen-bond acceptors (Lipinski definition) is 1. The van der Waals surface area contributed by atoms with Gasteiger partial charge in [-0.3, -0.25) is 0 Å². The first-order valence-electron chi connectivity index (χ1n) is 3.01. The molecule has 0 aliphatic carbocycles. The van der Waals surface area contributed by atoms with Crippen molar-refractivity contribution in [2.45, 2.75) is 20.3 Å². The van der Waals surface area contributed by atoms with Crippen molar-refractivity contribution in [3.8, 4) is 0 Å². The molecule has 1 heterocycles. The van der Waals surface area contributed by atoms with Crippen LogP contribution in [0.4, 0.5) is 0 Å². The minimum absolute atomic E-state index is 0.460. The first-order chi connectivity index (χ1) is 3.60. The number of rotatable bonds is 0. The Labute approximate surface area is 55.7 Å². The average Bonchev–Trinajstić information content (AvgIpc) is 1.82. The van der Waals surface area contributed by atoms with E-state index in [9.17, 15) is 0 Å². The second-order valence-corrected chi connectivity index (χ2v) is 3.74. The van der Waals surface area contributed by atoms with Gasteiger partial charge in [0.25, 0.3) is 0 Å². The molecule has 8 heavy (non-hydrogen) atoms. The van der Waals surface area contributed by atoms with Gasteiger partial charge in [-0.15, -0.1) is 0 Å². The third-order valence-corrected chi connectivity index (χ3v) is 1.92. The molecule has 0 aromatic heterocycles. The van der Waals surface area contributed by atoms with Crippen molar-refractivity contribution in [1.29, 1.82) is 0 Å². The van der Waals surface area contributed by atoms with Gasteiger partial charge in [0.1, 0.15) is 0 Å². The van der Waals surface area contributed by atoms with E-state index < -0.39 is 0 Å². The summed E-state index contributed by atoms with van der Waals surface area (Å²) in [6.07, 6.45) is 1.23. The van der Waals surface area contributed by atoms with Gasteiger partial charge in [-0.05, 0) is 23.6 Å². The Balaban J connectivity index is 2.44. The van der Waals surface area contributed by atoms with Crippen LogP contribution < -0.4 is 0 Å². The molecular weight excluding hydrogens is 122 g/mol. The largest absolute Gasteiger partial charge is 0.220 e. The molecule has 1 fully saturated rings. The van der Waals surface area contributed by atoms with Crippen LogP contribution in [-0.2, 0) is 0 Å². The SMILES string of the molecule is CC1(C)CCN(Cl)C1. The molecule has 0 aromatic rings. The summed E-state index contributed by atoms with van der Waals surface area (Å²) >= 11 is 5.73. The standard InChI is InChI=1S/C6H12ClN/c1-6(2)3-4-8(7)5-6/h3-5H2,1-2H3. The summed E-state index contributed by atoms with van der Waals surface area (Å²) in [5.74, 6) is 0. The zero-order chi connectivity index (χ0) is 6.20. The lowest BCUT2D eigenvalue weighted by Gasteiger charge is -2.14. The van der Waals surface area contributed by atoms with E-state index in [1.165, 1.54) is 6.42 Å².